The van der Waals surface area contributed by atoms with Crippen molar-refractivity contribution in [3.05, 3.63) is 83.9 Å². The average molecular weight is 311 g/mol. The summed E-state index contributed by atoms with van der Waals surface area (Å²) in [4.78, 5) is 4.54. The molecule has 0 radical (unpaired) electrons. The van der Waals surface area contributed by atoms with Gasteiger partial charge in [0, 0.05) is 11.8 Å². The van der Waals surface area contributed by atoms with E-state index in [4.69, 9.17) is 0 Å². The van der Waals surface area contributed by atoms with Crippen LogP contribution in [0.15, 0.2) is 77.8 Å². The first-order chi connectivity index (χ1) is 11.7. The number of rotatable bonds is 2. The molecule has 0 bridgehead atoms. The van der Waals surface area contributed by atoms with Gasteiger partial charge in [-0.05, 0) is 52.2 Å². The zero-order chi connectivity index (χ0) is 16.5. The Bertz CT molecular complexity index is 1030. The van der Waals surface area contributed by atoms with Crippen molar-refractivity contribution in [3.63, 3.8) is 0 Å². The van der Waals surface area contributed by atoms with Gasteiger partial charge in [0.25, 0.3) is 0 Å². The molecule has 0 heterocycles. The van der Waals surface area contributed by atoms with E-state index < -0.39 is 0 Å². The van der Waals surface area contributed by atoms with E-state index in [1.807, 2.05) is 49.5 Å². The number of nitrogens with zero attached hydrogens (tertiary/aromatic N) is 1. The van der Waals surface area contributed by atoms with Gasteiger partial charge in [-0.2, -0.15) is 0 Å². The van der Waals surface area contributed by atoms with Crippen molar-refractivity contribution in [2.24, 2.45) is 4.99 Å². The summed E-state index contributed by atoms with van der Waals surface area (Å²) in [5.74, 6) is 0.204. The Kier molecular flexibility index (Phi) is 3.51. The minimum atomic E-state index is 0.204. The molecule has 1 N–H and O–H groups in total. The minimum Gasteiger partial charge on any atom is -0.506 e. The lowest BCUT2D eigenvalue weighted by Gasteiger charge is -2.08. The second-order valence-electron chi connectivity index (χ2n) is 5.98. The normalized spacial score (nSPS) is 11.5. The van der Waals surface area contributed by atoms with Gasteiger partial charge in [-0.25, -0.2) is 0 Å². The zero-order valence-corrected chi connectivity index (χ0v) is 13.4. The van der Waals surface area contributed by atoms with E-state index in [0.717, 1.165) is 21.9 Å². The molecule has 0 saturated carbocycles. The number of benzene rings is 4. The lowest BCUT2D eigenvalue weighted by molar-refractivity contribution is 0.476. The number of aryl methyl sites for hydroxylation is 1. The van der Waals surface area contributed by atoms with Crippen molar-refractivity contribution in [1.29, 1.82) is 0 Å². The predicted octanol–water partition coefficient (Wildman–Crippen LogP) is 5.76. The first kappa shape index (κ1) is 14.5. The molecule has 0 atom stereocenters. The maximum atomic E-state index is 10.1. The molecule has 2 nitrogen and oxygen atoms in total. The molecule has 0 aliphatic rings. The Morgan fingerprint density at radius 3 is 2.04 bits per heavy atom. The van der Waals surface area contributed by atoms with Crippen LogP contribution in [0, 0.1) is 6.92 Å². The van der Waals surface area contributed by atoms with E-state index in [1.165, 1.54) is 10.8 Å². The summed E-state index contributed by atoms with van der Waals surface area (Å²) in [6, 6.07) is 24.3. The molecule has 0 aliphatic carbocycles. The van der Waals surface area contributed by atoms with Gasteiger partial charge in [-0.1, -0.05) is 54.6 Å². The fourth-order valence-electron chi connectivity index (χ4n) is 3.06. The predicted molar refractivity (Wildman–Crippen MR) is 102 cm³/mol. The fourth-order valence-corrected chi connectivity index (χ4v) is 3.06. The van der Waals surface area contributed by atoms with Gasteiger partial charge < -0.3 is 5.11 Å². The highest BCUT2D eigenvalue weighted by atomic mass is 16.3. The van der Waals surface area contributed by atoms with Gasteiger partial charge >= 0.3 is 0 Å². The number of phenolic OH excluding ortho intramolecular Hbond substituents is 1. The van der Waals surface area contributed by atoms with Crippen molar-refractivity contribution in [2.45, 2.75) is 6.92 Å². The number of aromatic hydroxyl groups is 1. The van der Waals surface area contributed by atoms with Gasteiger partial charge in [0.1, 0.15) is 11.4 Å². The molecular weight excluding hydrogens is 294 g/mol. The van der Waals surface area contributed by atoms with Crippen LogP contribution in [0.4, 0.5) is 5.69 Å². The highest BCUT2D eigenvalue weighted by Crippen LogP contribution is 2.30. The molecule has 4 aromatic rings. The topological polar surface area (TPSA) is 32.6 Å². The molecule has 0 fully saturated rings. The third kappa shape index (κ3) is 2.52. The number of hydrogen-bond donors (Lipinski definition) is 1. The fraction of sp³-hybridized carbons (Fsp3) is 0.0455. The van der Waals surface area contributed by atoms with Gasteiger partial charge in [0.05, 0.1) is 0 Å². The van der Waals surface area contributed by atoms with Crippen molar-refractivity contribution in [2.75, 3.05) is 0 Å². The van der Waals surface area contributed by atoms with E-state index in [9.17, 15) is 5.11 Å². The molecule has 0 aliphatic heterocycles. The Morgan fingerprint density at radius 2 is 1.42 bits per heavy atom. The number of aliphatic imine (C=N–C) groups is 1. The van der Waals surface area contributed by atoms with Crippen molar-refractivity contribution in [3.8, 4) is 5.75 Å². The molecule has 0 spiro atoms. The van der Waals surface area contributed by atoms with E-state index in [-0.39, 0.29) is 5.75 Å². The Hall–Kier alpha value is -3.13. The monoisotopic (exact) mass is 311 g/mol. The molecule has 0 amide bonds. The maximum Gasteiger partial charge on any atom is 0.141 e. The van der Waals surface area contributed by atoms with Crippen LogP contribution in [0.1, 0.15) is 11.1 Å². The van der Waals surface area contributed by atoms with Crippen LogP contribution in [0.2, 0.25) is 0 Å². The largest absolute Gasteiger partial charge is 0.506 e. The Morgan fingerprint density at radius 1 is 0.792 bits per heavy atom. The number of hydrogen-bond acceptors (Lipinski definition) is 2. The number of fused-ring (bicyclic) bond motifs is 2. The maximum absolute atomic E-state index is 10.1. The molecule has 2 heteroatoms. The second kappa shape index (κ2) is 5.82. The minimum absolute atomic E-state index is 0.204. The number of phenols is 1. The summed E-state index contributed by atoms with van der Waals surface area (Å²) in [5, 5.41) is 14.8. The van der Waals surface area contributed by atoms with Crippen LogP contribution in [0.3, 0.4) is 0 Å². The van der Waals surface area contributed by atoms with E-state index in [1.54, 1.807) is 6.07 Å². The Balaban J connectivity index is 1.95. The standard InChI is InChI=1S/C22H17NO/c1-15-10-11-21(22(24)12-15)23-14-20-18-8-4-2-6-16(18)13-17-7-3-5-9-19(17)20/h2-14,24H,1H3. The van der Waals surface area contributed by atoms with Crippen molar-refractivity contribution < 1.29 is 5.11 Å². The zero-order valence-electron chi connectivity index (χ0n) is 13.4. The van der Waals surface area contributed by atoms with Crippen LogP contribution < -0.4 is 0 Å². The summed E-state index contributed by atoms with van der Waals surface area (Å²) in [6.45, 7) is 1.95. The Labute approximate surface area is 140 Å². The first-order valence-corrected chi connectivity index (χ1v) is 7.96. The lowest BCUT2D eigenvalue weighted by atomic mass is 9.97. The average Bonchev–Trinajstić information content (AvgIpc) is 2.60. The first-order valence-electron chi connectivity index (χ1n) is 7.96. The molecule has 24 heavy (non-hydrogen) atoms. The summed E-state index contributed by atoms with van der Waals surface area (Å²) in [6.07, 6.45) is 1.86. The molecule has 0 saturated heterocycles. The van der Waals surface area contributed by atoms with Crippen LogP contribution in [0.5, 0.6) is 5.75 Å². The summed E-state index contributed by atoms with van der Waals surface area (Å²) >= 11 is 0. The molecule has 0 unspecified atom stereocenters. The van der Waals surface area contributed by atoms with Gasteiger partial charge in [-0.3, -0.25) is 4.99 Å². The smallest absolute Gasteiger partial charge is 0.141 e. The summed E-state index contributed by atoms with van der Waals surface area (Å²) in [5.41, 5.74) is 2.67. The van der Waals surface area contributed by atoms with Gasteiger partial charge in [-0.15, -0.1) is 0 Å². The van der Waals surface area contributed by atoms with E-state index in [0.29, 0.717) is 5.69 Å². The van der Waals surface area contributed by atoms with E-state index >= 15 is 0 Å². The third-order valence-corrected chi connectivity index (χ3v) is 4.28. The molecular formula is C22H17NO. The molecule has 4 aromatic carbocycles. The quantitative estimate of drug-likeness (QED) is 0.370. The third-order valence-electron chi connectivity index (χ3n) is 4.28. The van der Waals surface area contributed by atoms with Crippen LogP contribution in [0.25, 0.3) is 21.5 Å². The molecule has 4 rings (SSSR count). The highest BCUT2D eigenvalue weighted by Gasteiger charge is 2.06. The van der Waals surface area contributed by atoms with Crippen molar-refractivity contribution in [1.82, 2.24) is 0 Å². The lowest BCUT2D eigenvalue weighted by Crippen LogP contribution is -1.88. The van der Waals surface area contributed by atoms with Crippen LogP contribution in [-0.4, -0.2) is 11.3 Å². The van der Waals surface area contributed by atoms with Crippen LogP contribution >= 0.6 is 0 Å². The summed E-state index contributed by atoms with van der Waals surface area (Å²) < 4.78 is 0. The molecule has 0 aromatic heterocycles. The van der Waals surface area contributed by atoms with Crippen LogP contribution in [-0.2, 0) is 0 Å². The summed E-state index contributed by atoms with van der Waals surface area (Å²) in [7, 11) is 0. The van der Waals surface area contributed by atoms with Gasteiger partial charge in [0.15, 0.2) is 0 Å². The molecule has 116 valence electrons. The van der Waals surface area contributed by atoms with E-state index in [2.05, 4.69) is 35.3 Å². The van der Waals surface area contributed by atoms with Crippen molar-refractivity contribution >= 4 is 33.4 Å². The van der Waals surface area contributed by atoms with Gasteiger partial charge in [0.2, 0.25) is 0 Å². The SMILES string of the molecule is Cc1ccc(N=Cc2c3ccccc3cc3ccccc23)c(O)c1. The second-order valence-corrected chi connectivity index (χ2v) is 5.98. The highest BCUT2D eigenvalue weighted by molar-refractivity contribution is 6.13.